The van der Waals surface area contributed by atoms with E-state index in [4.69, 9.17) is 5.11 Å². The van der Waals surface area contributed by atoms with E-state index >= 15 is 0 Å². The minimum absolute atomic E-state index is 0.424. The number of aliphatic hydroxyl groups is 1. The van der Waals surface area contributed by atoms with E-state index in [0.29, 0.717) is 5.57 Å². The molecule has 3 nitrogen and oxygen atoms in total. The predicted octanol–water partition coefficient (Wildman–Crippen LogP) is 0.945. The Bertz CT molecular complexity index is 354. The number of esters is 1. The zero-order valence-electron chi connectivity index (χ0n) is 6.81. The number of ether oxygens (including phenoxy) is 1. The fraction of sp³-hybridized carbons (Fsp3) is 0.100. The molecule has 1 heterocycles. The van der Waals surface area contributed by atoms with Gasteiger partial charge in [-0.25, -0.2) is 4.79 Å². The van der Waals surface area contributed by atoms with Crippen LogP contribution in [0, 0.1) is 0 Å². The van der Waals surface area contributed by atoms with E-state index in [-0.39, 0.29) is 0 Å². The van der Waals surface area contributed by atoms with Crippen molar-refractivity contribution in [1.82, 2.24) is 0 Å². The van der Waals surface area contributed by atoms with Crippen LogP contribution < -0.4 is 0 Å². The Morgan fingerprint density at radius 1 is 1.23 bits per heavy atom. The summed E-state index contributed by atoms with van der Waals surface area (Å²) in [5, 5.41) is 9.01. The normalized spacial score (nSPS) is 21.2. The quantitative estimate of drug-likeness (QED) is 0.648. The topological polar surface area (TPSA) is 46.5 Å². The number of benzene rings is 1. The number of aliphatic hydroxyl groups excluding tert-OH is 1. The zero-order valence-corrected chi connectivity index (χ0v) is 6.81. The lowest BCUT2D eigenvalue weighted by Crippen LogP contribution is -2.05. The highest BCUT2D eigenvalue weighted by Gasteiger charge is 2.24. The first-order valence-corrected chi connectivity index (χ1v) is 3.93. The maximum Gasteiger partial charge on any atom is 0.341 e. The maximum atomic E-state index is 11.1. The molecule has 0 aromatic heterocycles. The van der Waals surface area contributed by atoms with Crippen LogP contribution in [-0.2, 0) is 9.53 Å². The van der Waals surface area contributed by atoms with Gasteiger partial charge >= 0.3 is 5.97 Å². The molecule has 0 amide bonds. The fourth-order valence-corrected chi connectivity index (χ4v) is 1.25. The van der Waals surface area contributed by atoms with Gasteiger partial charge in [-0.3, -0.25) is 0 Å². The standard InChI is InChI=1S/C10H8O3/c11-9-6-8(10(12)13-9)7-4-2-1-3-5-7/h1-6,9,11H/t9-/m1/s1. The molecular weight excluding hydrogens is 168 g/mol. The number of carbonyl (C=O) groups excluding carboxylic acids is 1. The molecule has 1 aliphatic heterocycles. The SMILES string of the molecule is O=C1O[C@@H](O)C=C1c1ccccc1. The maximum absolute atomic E-state index is 11.1. The van der Waals surface area contributed by atoms with Gasteiger partial charge in [-0.15, -0.1) is 0 Å². The van der Waals surface area contributed by atoms with Gasteiger partial charge in [0.15, 0.2) is 0 Å². The molecule has 0 fully saturated rings. The van der Waals surface area contributed by atoms with Crippen molar-refractivity contribution >= 4 is 11.5 Å². The van der Waals surface area contributed by atoms with Crippen molar-refractivity contribution in [2.45, 2.75) is 6.29 Å². The van der Waals surface area contributed by atoms with Gasteiger partial charge in [0.1, 0.15) is 0 Å². The molecule has 13 heavy (non-hydrogen) atoms. The largest absolute Gasteiger partial charge is 0.428 e. The van der Waals surface area contributed by atoms with Crippen LogP contribution in [0.4, 0.5) is 0 Å². The average molecular weight is 176 g/mol. The fourth-order valence-electron chi connectivity index (χ4n) is 1.25. The van der Waals surface area contributed by atoms with Crippen molar-refractivity contribution in [3.8, 4) is 0 Å². The van der Waals surface area contributed by atoms with Crippen molar-refractivity contribution in [1.29, 1.82) is 0 Å². The molecule has 0 unspecified atom stereocenters. The van der Waals surface area contributed by atoms with Gasteiger partial charge in [0.05, 0.1) is 5.57 Å². The van der Waals surface area contributed by atoms with Crippen LogP contribution >= 0.6 is 0 Å². The molecule has 0 radical (unpaired) electrons. The number of hydrogen-bond donors (Lipinski definition) is 1. The number of cyclic esters (lactones) is 1. The van der Waals surface area contributed by atoms with Gasteiger partial charge in [-0.1, -0.05) is 30.3 Å². The molecule has 0 saturated carbocycles. The van der Waals surface area contributed by atoms with Crippen molar-refractivity contribution in [2.75, 3.05) is 0 Å². The molecule has 1 aromatic rings. The van der Waals surface area contributed by atoms with Gasteiger partial charge in [-0.2, -0.15) is 0 Å². The van der Waals surface area contributed by atoms with Gasteiger partial charge in [0.25, 0.3) is 0 Å². The molecule has 3 heteroatoms. The first-order valence-electron chi connectivity index (χ1n) is 3.93. The van der Waals surface area contributed by atoms with E-state index in [9.17, 15) is 4.79 Å². The molecule has 1 aromatic carbocycles. The third-order valence-corrected chi connectivity index (χ3v) is 1.84. The summed E-state index contributed by atoms with van der Waals surface area (Å²) in [6.07, 6.45) is 0.306. The summed E-state index contributed by atoms with van der Waals surface area (Å²) < 4.78 is 4.55. The number of rotatable bonds is 1. The second-order valence-electron chi connectivity index (χ2n) is 2.74. The molecule has 1 aliphatic rings. The van der Waals surface area contributed by atoms with Crippen LogP contribution in [0.3, 0.4) is 0 Å². The summed E-state index contributed by atoms with van der Waals surface area (Å²) >= 11 is 0. The molecule has 0 bridgehead atoms. The summed E-state index contributed by atoms with van der Waals surface area (Å²) in [5.41, 5.74) is 1.19. The molecule has 1 atom stereocenters. The highest BCUT2D eigenvalue weighted by molar-refractivity contribution is 6.18. The summed E-state index contributed by atoms with van der Waals surface area (Å²) in [6.45, 7) is 0. The van der Waals surface area contributed by atoms with Crippen molar-refractivity contribution in [3.63, 3.8) is 0 Å². The van der Waals surface area contributed by atoms with E-state index in [2.05, 4.69) is 4.74 Å². The van der Waals surface area contributed by atoms with E-state index in [1.165, 1.54) is 6.08 Å². The third kappa shape index (κ3) is 1.46. The lowest BCUT2D eigenvalue weighted by molar-refractivity contribution is -0.149. The van der Waals surface area contributed by atoms with Crippen LogP contribution in [0.5, 0.6) is 0 Å². The smallest absolute Gasteiger partial charge is 0.341 e. The molecule has 66 valence electrons. The van der Waals surface area contributed by atoms with Crippen LogP contribution in [0.1, 0.15) is 5.56 Å². The summed E-state index contributed by atoms with van der Waals surface area (Å²) in [4.78, 5) is 11.1. The zero-order chi connectivity index (χ0) is 9.26. The van der Waals surface area contributed by atoms with E-state index in [1.807, 2.05) is 18.2 Å². The molecular formula is C10H8O3. The Kier molecular flexibility index (Phi) is 1.87. The highest BCUT2D eigenvalue weighted by atomic mass is 16.6. The van der Waals surface area contributed by atoms with Gasteiger partial charge in [-0.05, 0) is 11.6 Å². The second kappa shape index (κ2) is 3.03. The van der Waals surface area contributed by atoms with E-state index < -0.39 is 12.3 Å². The molecule has 0 spiro atoms. The Labute approximate surface area is 75.3 Å². The van der Waals surface area contributed by atoms with Gasteiger partial charge < -0.3 is 9.84 Å². The van der Waals surface area contributed by atoms with Crippen LogP contribution in [-0.4, -0.2) is 17.4 Å². The summed E-state index contributed by atoms with van der Waals surface area (Å²) in [5.74, 6) is -0.473. The first-order chi connectivity index (χ1) is 6.27. The first kappa shape index (κ1) is 8.01. The number of carbonyl (C=O) groups is 1. The lowest BCUT2D eigenvalue weighted by Gasteiger charge is -1.98. The lowest BCUT2D eigenvalue weighted by atomic mass is 10.1. The summed E-state index contributed by atoms with van der Waals surface area (Å²) in [7, 11) is 0. The predicted molar refractivity (Wildman–Crippen MR) is 46.5 cm³/mol. The van der Waals surface area contributed by atoms with Crippen LogP contribution in [0.25, 0.3) is 5.57 Å². The molecule has 0 saturated heterocycles. The van der Waals surface area contributed by atoms with Gasteiger partial charge in [0, 0.05) is 0 Å². The van der Waals surface area contributed by atoms with Crippen molar-refractivity contribution in [2.24, 2.45) is 0 Å². The Hall–Kier alpha value is -1.61. The van der Waals surface area contributed by atoms with Gasteiger partial charge in [0.2, 0.25) is 6.29 Å². The second-order valence-corrected chi connectivity index (χ2v) is 2.74. The van der Waals surface area contributed by atoms with Crippen molar-refractivity contribution in [3.05, 3.63) is 42.0 Å². The monoisotopic (exact) mass is 176 g/mol. The highest BCUT2D eigenvalue weighted by Crippen LogP contribution is 2.22. The minimum Gasteiger partial charge on any atom is -0.428 e. The van der Waals surface area contributed by atoms with E-state index in [0.717, 1.165) is 5.56 Å². The molecule has 0 aliphatic carbocycles. The Morgan fingerprint density at radius 2 is 1.92 bits per heavy atom. The third-order valence-electron chi connectivity index (χ3n) is 1.84. The number of hydrogen-bond acceptors (Lipinski definition) is 3. The molecule has 1 N–H and O–H groups in total. The van der Waals surface area contributed by atoms with Crippen LogP contribution in [0.2, 0.25) is 0 Å². The Morgan fingerprint density at radius 3 is 2.46 bits per heavy atom. The van der Waals surface area contributed by atoms with E-state index in [1.54, 1.807) is 12.1 Å². The average Bonchev–Trinajstić information content (AvgIpc) is 2.47. The Balaban J connectivity index is 2.37. The summed E-state index contributed by atoms with van der Waals surface area (Å²) in [6, 6.07) is 9.11. The molecule has 2 rings (SSSR count). The van der Waals surface area contributed by atoms with Crippen LogP contribution in [0.15, 0.2) is 36.4 Å². The van der Waals surface area contributed by atoms with Crippen molar-refractivity contribution < 1.29 is 14.6 Å². The minimum atomic E-state index is -1.09.